The molecule has 0 heterocycles. The van der Waals surface area contributed by atoms with E-state index in [2.05, 4.69) is 17.4 Å². The highest BCUT2D eigenvalue weighted by atomic mass is 16.4. The van der Waals surface area contributed by atoms with E-state index in [0.29, 0.717) is 6.04 Å². The number of oxime groups is 1. The summed E-state index contributed by atoms with van der Waals surface area (Å²) in [7, 11) is 0. The Kier molecular flexibility index (Phi) is 4.80. The maximum Gasteiger partial charge on any atom is 0.170 e. The Labute approximate surface area is 114 Å². The molecule has 2 rings (SSSR count). The van der Waals surface area contributed by atoms with Gasteiger partial charge in [-0.25, -0.2) is 0 Å². The third kappa shape index (κ3) is 3.70. The van der Waals surface area contributed by atoms with Gasteiger partial charge in [-0.05, 0) is 24.3 Å². The van der Waals surface area contributed by atoms with Crippen molar-refractivity contribution in [3.05, 3.63) is 35.4 Å². The van der Waals surface area contributed by atoms with Gasteiger partial charge in [0.1, 0.15) is 0 Å². The average Bonchev–Trinajstić information content (AvgIpc) is 2.45. The molecule has 0 saturated heterocycles. The Balaban J connectivity index is 1.99. The van der Waals surface area contributed by atoms with Crippen molar-refractivity contribution in [3.63, 3.8) is 0 Å². The quantitative estimate of drug-likeness (QED) is 0.337. The van der Waals surface area contributed by atoms with E-state index in [1.165, 1.54) is 25.7 Å². The van der Waals surface area contributed by atoms with Gasteiger partial charge in [0.15, 0.2) is 5.84 Å². The van der Waals surface area contributed by atoms with Crippen LogP contribution < -0.4 is 11.1 Å². The summed E-state index contributed by atoms with van der Waals surface area (Å²) < 4.78 is 0. The number of hydrogen-bond donors (Lipinski definition) is 3. The zero-order valence-electron chi connectivity index (χ0n) is 11.5. The smallest absolute Gasteiger partial charge is 0.170 e. The number of nitrogens with two attached hydrogens (primary N) is 1. The normalized spacial score (nSPS) is 24.4. The maximum absolute atomic E-state index is 8.81. The molecule has 4 nitrogen and oxygen atoms in total. The van der Waals surface area contributed by atoms with E-state index in [1.54, 1.807) is 0 Å². The van der Waals surface area contributed by atoms with Crippen LogP contribution in [-0.2, 0) is 6.54 Å². The van der Waals surface area contributed by atoms with E-state index in [0.717, 1.165) is 23.6 Å². The molecular weight excluding hydrogens is 238 g/mol. The molecule has 1 aliphatic rings. The third-order valence-corrected chi connectivity index (χ3v) is 3.92. The molecule has 1 aromatic carbocycles. The fourth-order valence-corrected chi connectivity index (χ4v) is 2.85. The van der Waals surface area contributed by atoms with Gasteiger partial charge >= 0.3 is 0 Å². The SMILES string of the molecule is CC1CCCC(NCc2ccccc2C(N)=NO)C1. The standard InChI is InChI=1S/C15H23N3O/c1-11-5-4-7-13(9-11)17-10-12-6-2-3-8-14(12)15(16)18-19/h2-3,6,8,11,13,17,19H,4-5,7,9-10H2,1H3,(H2,16,18). The van der Waals surface area contributed by atoms with Crippen molar-refractivity contribution >= 4 is 5.84 Å². The van der Waals surface area contributed by atoms with Gasteiger partial charge in [0.25, 0.3) is 0 Å². The molecule has 2 atom stereocenters. The van der Waals surface area contributed by atoms with E-state index >= 15 is 0 Å². The van der Waals surface area contributed by atoms with Gasteiger partial charge in [0.2, 0.25) is 0 Å². The second-order valence-electron chi connectivity index (χ2n) is 5.49. The molecule has 0 aliphatic heterocycles. The summed E-state index contributed by atoms with van der Waals surface area (Å²) >= 11 is 0. The van der Waals surface area contributed by atoms with Crippen LogP contribution in [0.4, 0.5) is 0 Å². The Morgan fingerprint density at radius 3 is 2.95 bits per heavy atom. The van der Waals surface area contributed by atoms with Gasteiger partial charge in [-0.2, -0.15) is 0 Å². The lowest BCUT2D eigenvalue weighted by Gasteiger charge is -2.27. The molecule has 0 bridgehead atoms. The van der Waals surface area contributed by atoms with Crippen LogP contribution in [0.1, 0.15) is 43.7 Å². The van der Waals surface area contributed by atoms with Crippen LogP contribution in [-0.4, -0.2) is 17.1 Å². The first kappa shape index (κ1) is 13.9. The number of rotatable bonds is 4. The molecule has 0 spiro atoms. The summed E-state index contributed by atoms with van der Waals surface area (Å²) in [4.78, 5) is 0. The van der Waals surface area contributed by atoms with E-state index in [4.69, 9.17) is 10.9 Å². The summed E-state index contributed by atoms with van der Waals surface area (Å²) in [5.74, 6) is 0.986. The van der Waals surface area contributed by atoms with Crippen LogP contribution in [0.25, 0.3) is 0 Å². The number of nitrogens with zero attached hydrogens (tertiary/aromatic N) is 1. The second-order valence-corrected chi connectivity index (χ2v) is 5.49. The number of hydrogen-bond acceptors (Lipinski definition) is 3. The molecule has 1 fully saturated rings. The first-order valence-electron chi connectivity index (χ1n) is 7.00. The molecule has 4 heteroatoms. The van der Waals surface area contributed by atoms with Crippen LogP contribution in [0.15, 0.2) is 29.4 Å². The van der Waals surface area contributed by atoms with Gasteiger partial charge in [-0.15, -0.1) is 0 Å². The van der Waals surface area contributed by atoms with E-state index < -0.39 is 0 Å². The van der Waals surface area contributed by atoms with E-state index in [9.17, 15) is 0 Å². The minimum atomic E-state index is 0.175. The summed E-state index contributed by atoms with van der Waals surface area (Å²) in [5, 5.41) is 15.5. The molecule has 2 unspecified atom stereocenters. The van der Waals surface area contributed by atoms with Crippen molar-refractivity contribution in [2.45, 2.75) is 45.2 Å². The van der Waals surface area contributed by atoms with E-state index in [1.807, 2.05) is 24.3 Å². The fraction of sp³-hybridized carbons (Fsp3) is 0.533. The first-order chi connectivity index (χ1) is 9.20. The van der Waals surface area contributed by atoms with Crippen molar-refractivity contribution in [2.24, 2.45) is 16.8 Å². The highest BCUT2D eigenvalue weighted by Crippen LogP contribution is 2.23. The number of benzene rings is 1. The fourth-order valence-electron chi connectivity index (χ4n) is 2.85. The largest absolute Gasteiger partial charge is 0.409 e. The minimum Gasteiger partial charge on any atom is -0.409 e. The molecule has 1 saturated carbocycles. The highest BCUT2D eigenvalue weighted by Gasteiger charge is 2.18. The van der Waals surface area contributed by atoms with Crippen LogP contribution >= 0.6 is 0 Å². The van der Waals surface area contributed by atoms with Crippen LogP contribution in [0.3, 0.4) is 0 Å². The Morgan fingerprint density at radius 1 is 1.42 bits per heavy atom. The van der Waals surface area contributed by atoms with Gasteiger partial charge < -0.3 is 16.3 Å². The predicted octanol–water partition coefficient (Wildman–Crippen LogP) is 2.45. The summed E-state index contributed by atoms with van der Waals surface area (Å²) in [5.41, 5.74) is 7.58. The summed E-state index contributed by atoms with van der Waals surface area (Å²) in [6, 6.07) is 8.38. The number of amidine groups is 1. The Bertz CT molecular complexity index is 445. The second kappa shape index (κ2) is 6.57. The Hall–Kier alpha value is -1.55. The summed E-state index contributed by atoms with van der Waals surface area (Å²) in [6.45, 7) is 3.09. The van der Waals surface area contributed by atoms with Crippen molar-refractivity contribution in [1.29, 1.82) is 0 Å². The van der Waals surface area contributed by atoms with Crippen LogP contribution in [0.2, 0.25) is 0 Å². The van der Waals surface area contributed by atoms with E-state index in [-0.39, 0.29) is 5.84 Å². The molecule has 1 aromatic rings. The third-order valence-electron chi connectivity index (χ3n) is 3.92. The van der Waals surface area contributed by atoms with Crippen LogP contribution in [0.5, 0.6) is 0 Å². The molecular formula is C15H23N3O. The first-order valence-corrected chi connectivity index (χ1v) is 7.00. The van der Waals surface area contributed by atoms with Gasteiger partial charge in [0, 0.05) is 18.2 Å². The lowest BCUT2D eigenvalue weighted by atomic mass is 9.87. The molecule has 19 heavy (non-hydrogen) atoms. The van der Waals surface area contributed by atoms with Crippen LogP contribution in [0, 0.1) is 5.92 Å². The maximum atomic E-state index is 8.81. The van der Waals surface area contributed by atoms with Crippen molar-refractivity contribution in [3.8, 4) is 0 Å². The highest BCUT2D eigenvalue weighted by molar-refractivity contribution is 5.98. The summed E-state index contributed by atoms with van der Waals surface area (Å²) in [6.07, 6.45) is 5.14. The predicted molar refractivity (Wildman–Crippen MR) is 77.2 cm³/mol. The lowest BCUT2D eigenvalue weighted by molar-refractivity contribution is 0.300. The molecule has 104 valence electrons. The topological polar surface area (TPSA) is 70.6 Å². The lowest BCUT2D eigenvalue weighted by Crippen LogP contribution is -2.33. The average molecular weight is 261 g/mol. The molecule has 0 radical (unpaired) electrons. The molecule has 0 amide bonds. The van der Waals surface area contributed by atoms with Gasteiger partial charge in [-0.3, -0.25) is 0 Å². The van der Waals surface area contributed by atoms with Gasteiger partial charge in [0.05, 0.1) is 0 Å². The molecule has 1 aliphatic carbocycles. The zero-order chi connectivity index (χ0) is 13.7. The van der Waals surface area contributed by atoms with Crippen molar-refractivity contribution < 1.29 is 5.21 Å². The monoisotopic (exact) mass is 261 g/mol. The zero-order valence-corrected chi connectivity index (χ0v) is 11.5. The van der Waals surface area contributed by atoms with Crippen molar-refractivity contribution in [2.75, 3.05) is 0 Å². The Morgan fingerprint density at radius 2 is 2.21 bits per heavy atom. The molecule has 0 aromatic heterocycles. The number of nitrogens with one attached hydrogen (secondary N) is 1. The minimum absolute atomic E-state index is 0.175. The molecule has 4 N–H and O–H groups in total. The van der Waals surface area contributed by atoms with Crippen molar-refractivity contribution in [1.82, 2.24) is 5.32 Å². The van der Waals surface area contributed by atoms with Gasteiger partial charge in [-0.1, -0.05) is 49.2 Å².